The molecule has 0 aliphatic heterocycles. The number of aromatic nitrogens is 2. The van der Waals surface area contributed by atoms with E-state index in [1.54, 1.807) is 35.1 Å². The highest BCUT2D eigenvalue weighted by atomic mass is 35.5. The summed E-state index contributed by atoms with van der Waals surface area (Å²) in [6.07, 6.45) is 1.99. The molecule has 0 atom stereocenters. The summed E-state index contributed by atoms with van der Waals surface area (Å²) in [7, 11) is 0. The molecule has 0 saturated carbocycles. The Morgan fingerprint density at radius 1 is 1.32 bits per heavy atom. The van der Waals surface area contributed by atoms with Crippen LogP contribution in [0.3, 0.4) is 0 Å². The van der Waals surface area contributed by atoms with Crippen LogP contribution in [-0.2, 0) is 17.8 Å². The van der Waals surface area contributed by atoms with Crippen LogP contribution in [0.2, 0.25) is 5.15 Å². The number of benzene rings is 1. The number of aryl methyl sites for hydroxylation is 1. The van der Waals surface area contributed by atoms with Crippen molar-refractivity contribution in [3.8, 4) is 5.75 Å². The van der Waals surface area contributed by atoms with Crippen molar-refractivity contribution in [3.05, 3.63) is 46.7 Å². The third kappa shape index (κ3) is 3.48. The van der Waals surface area contributed by atoms with Gasteiger partial charge in [-0.25, -0.2) is 4.68 Å². The summed E-state index contributed by atoms with van der Waals surface area (Å²) in [5.41, 5.74) is 1.68. The maximum absolute atomic E-state index is 10.5. The van der Waals surface area contributed by atoms with Gasteiger partial charge >= 0.3 is 5.97 Å². The minimum Gasteiger partial charge on any atom is -0.508 e. The minimum absolute atomic E-state index is 0.0324. The molecule has 0 radical (unpaired) electrons. The standard InChI is InChI=1S/C13H13ClN2O3/c14-13-10(3-6-12(18)19)7-15-16(13)8-9-1-4-11(17)5-2-9/h1-2,4-5,7,17H,3,6,8H2,(H,18,19). The fourth-order valence-electron chi connectivity index (χ4n) is 1.70. The van der Waals surface area contributed by atoms with Crippen molar-refractivity contribution in [1.29, 1.82) is 0 Å². The van der Waals surface area contributed by atoms with E-state index in [-0.39, 0.29) is 12.2 Å². The second-order valence-corrected chi connectivity index (χ2v) is 4.54. The molecule has 2 N–H and O–H groups in total. The van der Waals surface area contributed by atoms with E-state index in [0.29, 0.717) is 18.1 Å². The Morgan fingerprint density at radius 2 is 2.00 bits per heavy atom. The predicted molar refractivity (Wildman–Crippen MR) is 70.4 cm³/mol. The summed E-state index contributed by atoms with van der Waals surface area (Å²) in [6.45, 7) is 0.478. The summed E-state index contributed by atoms with van der Waals surface area (Å²) >= 11 is 6.15. The number of carbonyl (C=O) groups is 1. The quantitative estimate of drug-likeness (QED) is 0.881. The number of carboxylic acid groups (broad SMARTS) is 1. The SMILES string of the molecule is O=C(O)CCc1cnn(Cc2ccc(O)cc2)c1Cl. The summed E-state index contributed by atoms with van der Waals surface area (Å²) in [4.78, 5) is 10.5. The second kappa shape index (κ2) is 5.75. The molecule has 0 fully saturated rings. The molecular formula is C13H13ClN2O3. The van der Waals surface area contributed by atoms with E-state index in [1.165, 1.54) is 0 Å². The molecule has 0 amide bonds. The van der Waals surface area contributed by atoms with Crippen molar-refractivity contribution in [1.82, 2.24) is 9.78 Å². The molecule has 100 valence electrons. The Bertz CT molecular complexity index is 578. The molecule has 2 aromatic rings. The molecule has 0 aliphatic rings. The minimum atomic E-state index is -0.859. The van der Waals surface area contributed by atoms with Gasteiger partial charge in [0, 0.05) is 12.0 Å². The number of phenols is 1. The van der Waals surface area contributed by atoms with Gasteiger partial charge in [-0.1, -0.05) is 23.7 Å². The van der Waals surface area contributed by atoms with Crippen LogP contribution < -0.4 is 0 Å². The van der Waals surface area contributed by atoms with E-state index in [0.717, 1.165) is 11.1 Å². The zero-order chi connectivity index (χ0) is 13.8. The van der Waals surface area contributed by atoms with E-state index in [4.69, 9.17) is 16.7 Å². The zero-order valence-corrected chi connectivity index (χ0v) is 10.8. The first-order chi connectivity index (χ1) is 9.06. The molecular weight excluding hydrogens is 268 g/mol. The molecule has 1 aromatic carbocycles. The average Bonchev–Trinajstić information content (AvgIpc) is 2.71. The van der Waals surface area contributed by atoms with Crippen molar-refractivity contribution >= 4 is 17.6 Å². The Morgan fingerprint density at radius 3 is 2.63 bits per heavy atom. The Kier molecular flexibility index (Phi) is 4.06. The lowest BCUT2D eigenvalue weighted by Crippen LogP contribution is -2.02. The number of phenolic OH excluding ortho intramolecular Hbond substituents is 1. The molecule has 5 nitrogen and oxygen atoms in total. The lowest BCUT2D eigenvalue weighted by molar-refractivity contribution is -0.136. The number of hydrogen-bond donors (Lipinski definition) is 2. The maximum atomic E-state index is 10.5. The molecule has 1 aromatic heterocycles. The monoisotopic (exact) mass is 280 g/mol. The molecule has 6 heteroatoms. The van der Waals surface area contributed by atoms with E-state index in [9.17, 15) is 9.90 Å². The summed E-state index contributed by atoms with van der Waals surface area (Å²) in [6, 6.07) is 6.75. The number of hydrogen-bond acceptors (Lipinski definition) is 3. The van der Waals surface area contributed by atoms with Crippen LogP contribution >= 0.6 is 11.6 Å². The number of rotatable bonds is 5. The van der Waals surface area contributed by atoms with Crippen molar-refractivity contribution in [2.24, 2.45) is 0 Å². The number of carboxylic acids is 1. The van der Waals surface area contributed by atoms with Crippen molar-refractivity contribution in [3.63, 3.8) is 0 Å². The lowest BCUT2D eigenvalue weighted by Gasteiger charge is -2.04. The van der Waals surface area contributed by atoms with E-state index in [1.807, 2.05) is 0 Å². The van der Waals surface area contributed by atoms with Gasteiger partial charge in [0.1, 0.15) is 10.9 Å². The highest BCUT2D eigenvalue weighted by Crippen LogP contribution is 2.19. The third-order valence-electron chi connectivity index (χ3n) is 2.72. The second-order valence-electron chi connectivity index (χ2n) is 4.18. The van der Waals surface area contributed by atoms with Gasteiger partial charge in [0.15, 0.2) is 0 Å². The van der Waals surface area contributed by atoms with Gasteiger partial charge < -0.3 is 10.2 Å². The summed E-state index contributed by atoms with van der Waals surface area (Å²) < 4.78 is 1.60. The number of aromatic hydroxyl groups is 1. The van der Waals surface area contributed by atoms with Gasteiger partial charge in [-0.2, -0.15) is 5.10 Å². The summed E-state index contributed by atoms with van der Waals surface area (Å²) in [5.74, 6) is -0.653. The first-order valence-electron chi connectivity index (χ1n) is 5.76. The normalized spacial score (nSPS) is 10.6. The van der Waals surface area contributed by atoms with Gasteiger partial charge in [-0.15, -0.1) is 0 Å². The van der Waals surface area contributed by atoms with Crippen LogP contribution in [0.15, 0.2) is 30.5 Å². The molecule has 1 heterocycles. The smallest absolute Gasteiger partial charge is 0.303 e. The first kappa shape index (κ1) is 13.4. The van der Waals surface area contributed by atoms with Crippen LogP contribution in [-0.4, -0.2) is 26.0 Å². The van der Waals surface area contributed by atoms with Crippen LogP contribution in [0.5, 0.6) is 5.75 Å². The van der Waals surface area contributed by atoms with Crippen LogP contribution in [0.1, 0.15) is 17.5 Å². The van der Waals surface area contributed by atoms with E-state index >= 15 is 0 Å². The highest BCUT2D eigenvalue weighted by molar-refractivity contribution is 6.30. The molecule has 0 bridgehead atoms. The van der Waals surface area contributed by atoms with E-state index in [2.05, 4.69) is 5.10 Å². The first-order valence-corrected chi connectivity index (χ1v) is 6.14. The van der Waals surface area contributed by atoms with Crippen molar-refractivity contribution in [2.45, 2.75) is 19.4 Å². The number of halogens is 1. The molecule has 0 aliphatic carbocycles. The molecule has 0 spiro atoms. The van der Waals surface area contributed by atoms with Gasteiger partial charge in [-0.05, 0) is 24.1 Å². The highest BCUT2D eigenvalue weighted by Gasteiger charge is 2.10. The average molecular weight is 281 g/mol. The van der Waals surface area contributed by atoms with Crippen molar-refractivity contribution < 1.29 is 15.0 Å². The Labute approximate surface area is 115 Å². The van der Waals surface area contributed by atoms with Gasteiger partial charge in [0.2, 0.25) is 0 Å². The van der Waals surface area contributed by atoms with Gasteiger partial charge in [0.25, 0.3) is 0 Å². The lowest BCUT2D eigenvalue weighted by atomic mass is 10.2. The predicted octanol–water partition coefficient (Wildman–Crippen LogP) is 2.31. The topological polar surface area (TPSA) is 75.3 Å². The fourth-order valence-corrected chi connectivity index (χ4v) is 1.95. The Balaban J connectivity index is 2.09. The largest absolute Gasteiger partial charge is 0.508 e. The van der Waals surface area contributed by atoms with Gasteiger partial charge in [0.05, 0.1) is 12.7 Å². The molecule has 0 unspecified atom stereocenters. The third-order valence-corrected chi connectivity index (χ3v) is 3.16. The summed E-state index contributed by atoms with van der Waals surface area (Å²) in [5, 5.41) is 22.4. The van der Waals surface area contributed by atoms with Gasteiger partial charge in [-0.3, -0.25) is 4.79 Å². The Hall–Kier alpha value is -2.01. The van der Waals surface area contributed by atoms with Crippen LogP contribution in [0.25, 0.3) is 0 Å². The molecule has 2 rings (SSSR count). The number of nitrogens with zero attached hydrogens (tertiary/aromatic N) is 2. The zero-order valence-electron chi connectivity index (χ0n) is 10.1. The van der Waals surface area contributed by atoms with Crippen molar-refractivity contribution in [2.75, 3.05) is 0 Å². The number of aliphatic carboxylic acids is 1. The molecule has 0 saturated heterocycles. The van der Waals surface area contributed by atoms with Crippen LogP contribution in [0, 0.1) is 0 Å². The molecule has 19 heavy (non-hydrogen) atoms. The fraction of sp³-hybridized carbons (Fsp3) is 0.231. The maximum Gasteiger partial charge on any atom is 0.303 e. The van der Waals surface area contributed by atoms with Crippen LogP contribution in [0.4, 0.5) is 0 Å². The van der Waals surface area contributed by atoms with E-state index < -0.39 is 5.97 Å².